The molecule has 1 aliphatic carbocycles. The Morgan fingerprint density at radius 2 is 2.06 bits per heavy atom. The van der Waals surface area contributed by atoms with Crippen molar-refractivity contribution in [2.75, 3.05) is 12.0 Å². The fourth-order valence-corrected chi connectivity index (χ4v) is 5.15. The van der Waals surface area contributed by atoms with Crippen molar-refractivity contribution in [3.63, 3.8) is 0 Å². The summed E-state index contributed by atoms with van der Waals surface area (Å²) in [6, 6.07) is 8.51. The van der Waals surface area contributed by atoms with Gasteiger partial charge in [0.2, 0.25) is 0 Å². The number of rotatable bonds is 4. The number of hydrogen-bond donors (Lipinski definition) is 0. The lowest BCUT2D eigenvalue weighted by molar-refractivity contribution is -0.132. The monoisotopic (exact) mass is 422 g/mol. The van der Waals surface area contributed by atoms with Gasteiger partial charge in [-0.1, -0.05) is 30.6 Å². The molecule has 162 valence electrons. The van der Waals surface area contributed by atoms with E-state index in [1.165, 1.54) is 4.90 Å². The Bertz CT molecular complexity index is 1070. The molecule has 0 N–H and O–H groups in total. The number of ether oxygens (including phenoxy) is 2. The van der Waals surface area contributed by atoms with Gasteiger partial charge in [-0.3, -0.25) is 14.5 Å². The highest BCUT2D eigenvalue weighted by Gasteiger charge is 2.53. The Morgan fingerprint density at radius 3 is 2.77 bits per heavy atom. The van der Waals surface area contributed by atoms with Crippen LogP contribution in [0.2, 0.25) is 0 Å². The fraction of sp³-hybridized carbons (Fsp3) is 0.458. The van der Waals surface area contributed by atoms with E-state index in [1.807, 2.05) is 24.3 Å². The Hall–Kier alpha value is -3.09. The number of methoxy groups -OCH3 is 1. The number of hydrogen-bond acceptors (Lipinski definition) is 6. The number of aryl methyl sites for hydroxylation is 1. The van der Waals surface area contributed by atoms with Crippen LogP contribution < -0.4 is 9.64 Å². The first-order chi connectivity index (χ1) is 15.0. The minimum Gasteiger partial charge on any atom is -0.497 e. The molecule has 0 bridgehead atoms. The first kappa shape index (κ1) is 19.8. The number of carbonyl (C=O) groups is 2. The smallest absolute Gasteiger partial charge is 0.295 e. The Kier molecular flexibility index (Phi) is 4.84. The number of benzene rings is 1. The van der Waals surface area contributed by atoms with E-state index in [4.69, 9.17) is 14.0 Å². The summed E-state index contributed by atoms with van der Waals surface area (Å²) in [4.78, 5) is 28.8. The number of amides is 1. The second-order valence-electron chi connectivity index (χ2n) is 8.61. The van der Waals surface area contributed by atoms with Crippen LogP contribution in [-0.4, -0.2) is 30.1 Å². The zero-order valence-corrected chi connectivity index (χ0v) is 18.0. The minimum atomic E-state index is -0.627. The van der Waals surface area contributed by atoms with E-state index >= 15 is 0 Å². The van der Waals surface area contributed by atoms with Gasteiger partial charge in [0.05, 0.1) is 24.6 Å². The van der Waals surface area contributed by atoms with E-state index < -0.39 is 6.04 Å². The number of anilines is 1. The zero-order chi connectivity index (χ0) is 21.7. The molecule has 5 rings (SSSR count). The van der Waals surface area contributed by atoms with Crippen molar-refractivity contribution in [1.29, 1.82) is 0 Å². The third-order valence-corrected chi connectivity index (χ3v) is 6.81. The van der Waals surface area contributed by atoms with Crippen molar-refractivity contribution in [3.8, 4) is 5.75 Å². The maximum atomic E-state index is 13.8. The lowest BCUT2D eigenvalue weighted by Crippen LogP contribution is -2.41. The van der Waals surface area contributed by atoms with E-state index in [2.05, 4.69) is 12.1 Å². The van der Waals surface area contributed by atoms with E-state index in [-0.39, 0.29) is 29.5 Å². The highest BCUT2D eigenvalue weighted by Crippen LogP contribution is 2.49. The van der Waals surface area contributed by atoms with Crippen molar-refractivity contribution in [2.24, 2.45) is 11.8 Å². The van der Waals surface area contributed by atoms with Gasteiger partial charge in [0.1, 0.15) is 17.6 Å². The van der Waals surface area contributed by atoms with Crippen molar-refractivity contribution in [3.05, 3.63) is 53.0 Å². The van der Waals surface area contributed by atoms with Crippen molar-refractivity contribution in [2.45, 2.75) is 51.7 Å². The van der Waals surface area contributed by atoms with Crippen molar-refractivity contribution in [1.82, 2.24) is 5.16 Å². The molecule has 3 heterocycles. The summed E-state index contributed by atoms with van der Waals surface area (Å²) in [5, 5.41) is 4.07. The first-order valence-corrected chi connectivity index (χ1v) is 10.9. The molecule has 1 aromatic carbocycles. The van der Waals surface area contributed by atoms with Crippen LogP contribution in [-0.2, 0) is 14.3 Å². The van der Waals surface area contributed by atoms with E-state index in [0.717, 1.165) is 31.2 Å². The molecule has 2 aromatic rings. The molecule has 3 aliphatic rings. The highest BCUT2D eigenvalue weighted by atomic mass is 16.5. The van der Waals surface area contributed by atoms with Crippen LogP contribution in [0.4, 0.5) is 5.82 Å². The SMILES string of the molecule is CCC1CCC2OC3=C(C(=O)C2C1)C(c1cccc(OC)c1)N(c1cc(C)on1)C3=O. The normalized spacial score (nSPS) is 27.8. The van der Waals surface area contributed by atoms with Gasteiger partial charge in [-0.2, -0.15) is 0 Å². The van der Waals surface area contributed by atoms with E-state index in [0.29, 0.717) is 28.8 Å². The summed E-state index contributed by atoms with van der Waals surface area (Å²) >= 11 is 0. The largest absolute Gasteiger partial charge is 0.497 e. The van der Waals surface area contributed by atoms with Gasteiger partial charge in [0.25, 0.3) is 5.91 Å². The Labute approximate surface area is 181 Å². The maximum Gasteiger partial charge on any atom is 0.295 e. The van der Waals surface area contributed by atoms with Crippen LogP contribution in [0.15, 0.2) is 46.2 Å². The predicted octanol–water partition coefficient (Wildman–Crippen LogP) is 4.13. The summed E-state index contributed by atoms with van der Waals surface area (Å²) in [5.74, 6) is 1.75. The average molecular weight is 422 g/mol. The molecule has 31 heavy (non-hydrogen) atoms. The third-order valence-electron chi connectivity index (χ3n) is 6.81. The third kappa shape index (κ3) is 3.14. The van der Waals surface area contributed by atoms with Crippen LogP contribution in [0.1, 0.15) is 50.0 Å². The highest BCUT2D eigenvalue weighted by molar-refractivity contribution is 6.17. The number of Topliss-reactive ketones (excluding diaryl/α,β-unsaturated/α-hetero) is 1. The molecule has 1 saturated carbocycles. The van der Waals surface area contributed by atoms with Crippen LogP contribution in [0.25, 0.3) is 0 Å². The average Bonchev–Trinajstić information content (AvgIpc) is 3.34. The molecule has 7 heteroatoms. The molecule has 2 aliphatic heterocycles. The fourth-order valence-electron chi connectivity index (χ4n) is 5.15. The van der Waals surface area contributed by atoms with E-state index in [9.17, 15) is 9.59 Å². The Balaban J connectivity index is 1.63. The number of fused-ring (bicyclic) bond motifs is 1. The second-order valence-corrected chi connectivity index (χ2v) is 8.61. The van der Waals surface area contributed by atoms with E-state index in [1.54, 1.807) is 20.1 Å². The molecule has 1 fully saturated rings. The summed E-state index contributed by atoms with van der Waals surface area (Å²) in [7, 11) is 1.59. The van der Waals surface area contributed by atoms with Crippen LogP contribution in [0.5, 0.6) is 5.75 Å². The molecular formula is C24H26N2O5. The topological polar surface area (TPSA) is 81.9 Å². The number of carbonyl (C=O) groups excluding carboxylic acids is 2. The standard InChI is InChI=1S/C24H26N2O5/c1-4-14-8-9-18-17(11-14)22(27)20-21(15-6-5-7-16(12-15)29-3)26(24(28)23(20)30-18)19-10-13(2)31-25-19/h5-7,10,12,14,17-18,21H,4,8-9,11H2,1-3H3. The van der Waals surface area contributed by atoms with Crippen molar-refractivity contribution >= 4 is 17.5 Å². The molecule has 1 aromatic heterocycles. The quantitative estimate of drug-likeness (QED) is 0.737. The molecule has 1 amide bonds. The predicted molar refractivity (Wildman–Crippen MR) is 112 cm³/mol. The second kappa shape index (κ2) is 7.55. The lowest BCUT2D eigenvalue weighted by atomic mass is 9.73. The summed E-state index contributed by atoms with van der Waals surface area (Å²) in [6.45, 7) is 3.93. The van der Waals surface area contributed by atoms with Crippen LogP contribution in [0, 0.1) is 18.8 Å². The van der Waals surface area contributed by atoms with Gasteiger partial charge in [0.15, 0.2) is 17.4 Å². The van der Waals surface area contributed by atoms with Crippen LogP contribution >= 0.6 is 0 Å². The van der Waals surface area contributed by atoms with Gasteiger partial charge >= 0.3 is 0 Å². The molecule has 4 unspecified atom stereocenters. The van der Waals surface area contributed by atoms with Gasteiger partial charge in [-0.25, -0.2) is 0 Å². The van der Waals surface area contributed by atoms with Crippen LogP contribution in [0.3, 0.4) is 0 Å². The number of ketones is 1. The lowest BCUT2D eigenvalue weighted by Gasteiger charge is -2.38. The molecule has 0 saturated heterocycles. The van der Waals surface area contributed by atoms with Gasteiger partial charge < -0.3 is 14.0 Å². The zero-order valence-electron chi connectivity index (χ0n) is 18.0. The van der Waals surface area contributed by atoms with Crippen molar-refractivity contribution < 1.29 is 23.6 Å². The van der Waals surface area contributed by atoms with Gasteiger partial charge in [-0.05, 0) is 49.8 Å². The number of aromatic nitrogens is 1. The number of nitrogens with zero attached hydrogens (tertiary/aromatic N) is 2. The molecule has 7 nitrogen and oxygen atoms in total. The van der Waals surface area contributed by atoms with Gasteiger partial charge in [0, 0.05) is 6.07 Å². The van der Waals surface area contributed by atoms with Gasteiger partial charge in [-0.15, -0.1) is 0 Å². The molecule has 0 spiro atoms. The molecular weight excluding hydrogens is 396 g/mol. The molecule has 0 radical (unpaired) electrons. The minimum absolute atomic E-state index is 0.0216. The molecule has 4 atom stereocenters. The summed E-state index contributed by atoms with van der Waals surface area (Å²) in [6.07, 6.45) is 3.44. The Morgan fingerprint density at radius 1 is 1.23 bits per heavy atom. The summed E-state index contributed by atoms with van der Waals surface area (Å²) in [5.41, 5.74) is 1.20. The summed E-state index contributed by atoms with van der Waals surface area (Å²) < 4.78 is 16.9. The first-order valence-electron chi connectivity index (χ1n) is 10.9. The maximum absolute atomic E-state index is 13.8.